The lowest BCUT2D eigenvalue weighted by molar-refractivity contribution is -0.383. The number of nitrogens with one attached hydrogen (secondary N) is 3. The number of amides is 1. The van der Waals surface area contributed by atoms with Crippen molar-refractivity contribution in [3.8, 4) is 0 Å². The summed E-state index contributed by atoms with van der Waals surface area (Å²) in [4.78, 5) is 25.6. The van der Waals surface area contributed by atoms with Crippen LogP contribution in [0.1, 0.15) is 10.4 Å². The summed E-state index contributed by atoms with van der Waals surface area (Å²) in [7, 11) is 0. The van der Waals surface area contributed by atoms with Gasteiger partial charge in [-0.05, 0) is 24.3 Å². The molecule has 3 rings (SSSR count). The van der Waals surface area contributed by atoms with Crippen molar-refractivity contribution < 1.29 is 9.72 Å². The summed E-state index contributed by atoms with van der Waals surface area (Å²) >= 11 is 0. The van der Waals surface area contributed by atoms with Gasteiger partial charge in [-0.3, -0.25) is 19.8 Å². The van der Waals surface area contributed by atoms with Crippen molar-refractivity contribution >= 4 is 35.4 Å². The van der Waals surface area contributed by atoms with Gasteiger partial charge in [0.15, 0.2) is 0 Å². The van der Waals surface area contributed by atoms with Gasteiger partial charge in [0.2, 0.25) is 0 Å². The number of nitro groups is 1. The van der Waals surface area contributed by atoms with Crippen LogP contribution in [0.3, 0.4) is 0 Å². The van der Waals surface area contributed by atoms with Crippen molar-refractivity contribution in [1.29, 1.82) is 0 Å². The van der Waals surface area contributed by atoms with Gasteiger partial charge in [-0.15, -0.1) is 12.4 Å². The number of piperazine rings is 1. The molecule has 0 saturated carbocycles. The van der Waals surface area contributed by atoms with E-state index in [1.54, 1.807) is 12.1 Å². The molecule has 8 nitrogen and oxygen atoms in total. The van der Waals surface area contributed by atoms with E-state index in [1.807, 2.05) is 30.3 Å². The third-order valence-corrected chi connectivity index (χ3v) is 4.43. The molecule has 1 aliphatic heterocycles. The van der Waals surface area contributed by atoms with Crippen LogP contribution in [-0.4, -0.2) is 55.0 Å². The van der Waals surface area contributed by atoms with Gasteiger partial charge in [-0.2, -0.15) is 0 Å². The number of para-hydroxylation sites is 1. The molecule has 1 fully saturated rings. The number of rotatable bonds is 7. The van der Waals surface area contributed by atoms with Crippen molar-refractivity contribution in [2.24, 2.45) is 0 Å². The van der Waals surface area contributed by atoms with Crippen molar-refractivity contribution in [2.45, 2.75) is 0 Å². The minimum Gasteiger partial charge on any atom is -0.351 e. The van der Waals surface area contributed by atoms with E-state index < -0.39 is 4.92 Å². The highest BCUT2D eigenvalue weighted by Crippen LogP contribution is 2.28. The zero-order chi connectivity index (χ0) is 19.1. The molecule has 0 aromatic heterocycles. The van der Waals surface area contributed by atoms with Crippen LogP contribution in [0.5, 0.6) is 0 Å². The van der Waals surface area contributed by atoms with Crippen molar-refractivity contribution in [2.75, 3.05) is 44.6 Å². The average molecular weight is 406 g/mol. The highest BCUT2D eigenvalue weighted by Gasteiger charge is 2.18. The number of nitro benzene ring substituents is 1. The Bertz CT molecular complexity index is 797. The number of carbonyl (C=O) groups excluding carboxylic acids is 1. The second-order valence-electron chi connectivity index (χ2n) is 6.33. The highest BCUT2D eigenvalue weighted by atomic mass is 35.5. The summed E-state index contributed by atoms with van der Waals surface area (Å²) in [5, 5.41) is 20.6. The highest BCUT2D eigenvalue weighted by molar-refractivity contribution is 5.95. The Hall–Kier alpha value is -2.68. The molecule has 0 atom stereocenters. The quantitative estimate of drug-likeness (QED) is 0.483. The summed E-state index contributed by atoms with van der Waals surface area (Å²) < 4.78 is 0. The predicted octanol–water partition coefficient (Wildman–Crippen LogP) is 2.40. The van der Waals surface area contributed by atoms with Crippen LogP contribution in [-0.2, 0) is 0 Å². The number of hydrogen-bond donors (Lipinski definition) is 3. The average Bonchev–Trinajstić information content (AvgIpc) is 2.69. The van der Waals surface area contributed by atoms with Gasteiger partial charge in [0.1, 0.15) is 5.69 Å². The first-order chi connectivity index (χ1) is 13.1. The zero-order valence-electron chi connectivity index (χ0n) is 15.4. The second kappa shape index (κ2) is 10.6. The van der Waals surface area contributed by atoms with Crippen LogP contribution in [0.2, 0.25) is 0 Å². The fourth-order valence-electron chi connectivity index (χ4n) is 2.97. The Balaban J connectivity index is 0.00000280. The molecule has 1 heterocycles. The minimum atomic E-state index is -0.483. The van der Waals surface area contributed by atoms with Crippen LogP contribution in [0.25, 0.3) is 0 Å². The number of anilines is 2. The van der Waals surface area contributed by atoms with E-state index >= 15 is 0 Å². The largest absolute Gasteiger partial charge is 0.351 e. The van der Waals surface area contributed by atoms with Crippen LogP contribution in [0.4, 0.5) is 17.1 Å². The first kappa shape index (κ1) is 21.6. The summed E-state index contributed by atoms with van der Waals surface area (Å²) in [6.45, 7) is 5.11. The van der Waals surface area contributed by atoms with Gasteiger partial charge in [-0.1, -0.05) is 18.2 Å². The molecule has 0 radical (unpaired) electrons. The van der Waals surface area contributed by atoms with E-state index in [1.165, 1.54) is 6.07 Å². The molecule has 1 aliphatic rings. The van der Waals surface area contributed by atoms with E-state index in [9.17, 15) is 14.9 Å². The molecular weight excluding hydrogens is 382 g/mol. The summed E-state index contributed by atoms with van der Waals surface area (Å²) in [6, 6.07) is 13.7. The normalized spacial score (nSPS) is 14.0. The number of nitrogens with zero attached hydrogens (tertiary/aromatic N) is 2. The first-order valence-electron chi connectivity index (χ1n) is 8.95. The van der Waals surface area contributed by atoms with Crippen LogP contribution < -0.4 is 16.0 Å². The summed E-state index contributed by atoms with van der Waals surface area (Å²) in [5.41, 5.74) is 1.24. The van der Waals surface area contributed by atoms with E-state index in [0.717, 1.165) is 38.4 Å². The molecule has 1 saturated heterocycles. The standard InChI is InChI=1S/C19H23N5O3.ClH/c25-19(21-10-13-23-11-8-20-9-12-23)15-6-7-17(18(14-15)24(26)27)22-16-4-2-1-3-5-16;/h1-7,14,20,22H,8-13H2,(H,21,25);1H. The molecule has 0 aliphatic carbocycles. The monoisotopic (exact) mass is 405 g/mol. The van der Waals surface area contributed by atoms with Gasteiger partial charge in [0.25, 0.3) is 11.6 Å². The molecular formula is C19H24ClN5O3. The van der Waals surface area contributed by atoms with Crippen molar-refractivity contribution in [3.63, 3.8) is 0 Å². The maximum absolute atomic E-state index is 12.3. The molecule has 3 N–H and O–H groups in total. The first-order valence-corrected chi connectivity index (χ1v) is 8.95. The Morgan fingerprint density at radius 1 is 1.14 bits per heavy atom. The summed E-state index contributed by atoms with van der Waals surface area (Å²) in [5.74, 6) is -0.306. The lowest BCUT2D eigenvalue weighted by Gasteiger charge is -2.27. The molecule has 2 aromatic rings. The smallest absolute Gasteiger partial charge is 0.293 e. The fourth-order valence-corrected chi connectivity index (χ4v) is 2.97. The molecule has 9 heteroatoms. The molecule has 0 bridgehead atoms. The van der Waals surface area contributed by atoms with Crippen LogP contribution >= 0.6 is 12.4 Å². The number of halogens is 1. The van der Waals surface area contributed by atoms with Crippen molar-refractivity contribution in [1.82, 2.24) is 15.5 Å². The Morgan fingerprint density at radius 2 is 1.86 bits per heavy atom. The summed E-state index contributed by atoms with van der Waals surface area (Å²) in [6.07, 6.45) is 0. The zero-order valence-corrected chi connectivity index (χ0v) is 16.2. The molecule has 150 valence electrons. The SMILES string of the molecule is Cl.O=C(NCCN1CCNCC1)c1ccc(Nc2ccccc2)c([N+](=O)[O-])c1. The van der Waals surface area contributed by atoms with Crippen LogP contribution in [0, 0.1) is 10.1 Å². The predicted molar refractivity (Wildman–Crippen MR) is 112 cm³/mol. The number of carbonyl (C=O) groups is 1. The van der Waals surface area contributed by atoms with Gasteiger partial charge in [0, 0.05) is 56.6 Å². The third kappa shape index (κ3) is 5.91. The van der Waals surface area contributed by atoms with Gasteiger partial charge in [-0.25, -0.2) is 0 Å². The fraction of sp³-hybridized carbons (Fsp3) is 0.316. The Morgan fingerprint density at radius 3 is 2.54 bits per heavy atom. The molecule has 0 spiro atoms. The van der Waals surface area contributed by atoms with Crippen molar-refractivity contribution in [3.05, 3.63) is 64.2 Å². The third-order valence-electron chi connectivity index (χ3n) is 4.43. The van der Waals surface area contributed by atoms with Gasteiger partial charge in [0.05, 0.1) is 4.92 Å². The Kier molecular flexibility index (Phi) is 8.19. The topological polar surface area (TPSA) is 99.5 Å². The Labute approximate surface area is 169 Å². The number of benzene rings is 2. The van der Waals surface area contributed by atoms with Gasteiger partial charge < -0.3 is 16.0 Å². The molecule has 2 aromatic carbocycles. The minimum absolute atomic E-state index is 0. The van der Waals surface area contributed by atoms with E-state index in [-0.39, 0.29) is 29.6 Å². The maximum Gasteiger partial charge on any atom is 0.293 e. The second-order valence-corrected chi connectivity index (χ2v) is 6.33. The van der Waals surface area contributed by atoms with E-state index in [4.69, 9.17) is 0 Å². The molecule has 0 unspecified atom stereocenters. The van der Waals surface area contributed by atoms with Gasteiger partial charge >= 0.3 is 0 Å². The lowest BCUT2D eigenvalue weighted by Crippen LogP contribution is -2.46. The molecule has 1 amide bonds. The maximum atomic E-state index is 12.3. The van der Waals surface area contributed by atoms with E-state index in [0.29, 0.717) is 12.2 Å². The van der Waals surface area contributed by atoms with Crippen LogP contribution in [0.15, 0.2) is 48.5 Å². The number of hydrogen-bond acceptors (Lipinski definition) is 6. The lowest BCUT2D eigenvalue weighted by atomic mass is 10.1. The molecule has 28 heavy (non-hydrogen) atoms. The van der Waals surface area contributed by atoms with E-state index in [2.05, 4.69) is 20.9 Å².